The Morgan fingerprint density at radius 3 is 2.77 bits per heavy atom. The van der Waals surface area contributed by atoms with Crippen molar-refractivity contribution < 1.29 is 4.74 Å². The summed E-state index contributed by atoms with van der Waals surface area (Å²) in [6.07, 6.45) is 4.99. The first-order chi connectivity index (χ1) is 12.7. The van der Waals surface area contributed by atoms with Crippen LogP contribution in [0.15, 0.2) is 54.9 Å². The SMILES string of the molecule is CN1C[C@@H](COCc2cccnc2)[C@@]2(CCN(Cc3ccccc3)C2)C1. The summed E-state index contributed by atoms with van der Waals surface area (Å²) >= 11 is 0. The first-order valence-corrected chi connectivity index (χ1v) is 9.65. The van der Waals surface area contributed by atoms with Crippen molar-refractivity contribution in [3.63, 3.8) is 0 Å². The van der Waals surface area contributed by atoms with Gasteiger partial charge in [0.15, 0.2) is 0 Å². The van der Waals surface area contributed by atoms with E-state index in [-0.39, 0.29) is 0 Å². The number of nitrogens with zero attached hydrogens (tertiary/aromatic N) is 3. The van der Waals surface area contributed by atoms with Crippen LogP contribution in [-0.4, -0.2) is 54.6 Å². The Balaban J connectivity index is 1.35. The van der Waals surface area contributed by atoms with Gasteiger partial charge in [-0.2, -0.15) is 0 Å². The van der Waals surface area contributed by atoms with E-state index in [0.717, 1.165) is 25.3 Å². The zero-order chi connectivity index (χ0) is 17.8. The topological polar surface area (TPSA) is 28.6 Å². The third kappa shape index (κ3) is 3.98. The average molecular weight is 351 g/mol. The number of rotatable bonds is 6. The fraction of sp³-hybridized carbons (Fsp3) is 0.500. The molecule has 0 N–H and O–H groups in total. The van der Waals surface area contributed by atoms with Crippen LogP contribution in [0, 0.1) is 11.3 Å². The van der Waals surface area contributed by atoms with Crippen LogP contribution in [0.1, 0.15) is 17.5 Å². The van der Waals surface area contributed by atoms with Gasteiger partial charge in [0.2, 0.25) is 0 Å². The van der Waals surface area contributed by atoms with Gasteiger partial charge in [0.05, 0.1) is 13.2 Å². The van der Waals surface area contributed by atoms with Crippen LogP contribution in [0.2, 0.25) is 0 Å². The van der Waals surface area contributed by atoms with Crippen LogP contribution in [0.5, 0.6) is 0 Å². The highest BCUT2D eigenvalue weighted by Crippen LogP contribution is 2.43. The molecule has 0 saturated carbocycles. The van der Waals surface area contributed by atoms with Crippen molar-refractivity contribution in [3.05, 3.63) is 66.0 Å². The van der Waals surface area contributed by atoms with E-state index in [1.165, 1.54) is 31.6 Å². The van der Waals surface area contributed by atoms with Crippen molar-refractivity contribution in [2.75, 3.05) is 39.8 Å². The molecule has 1 aromatic carbocycles. The third-order valence-electron chi connectivity index (χ3n) is 6.01. The van der Waals surface area contributed by atoms with Gasteiger partial charge in [-0.15, -0.1) is 0 Å². The number of pyridine rings is 1. The van der Waals surface area contributed by atoms with Crippen molar-refractivity contribution in [2.45, 2.75) is 19.6 Å². The zero-order valence-corrected chi connectivity index (χ0v) is 15.7. The maximum atomic E-state index is 6.11. The highest BCUT2D eigenvalue weighted by Gasteiger charge is 2.49. The number of benzene rings is 1. The van der Waals surface area contributed by atoms with Crippen LogP contribution in [-0.2, 0) is 17.9 Å². The fourth-order valence-electron chi connectivity index (χ4n) is 4.76. The van der Waals surface area contributed by atoms with Gasteiger partial charge in [0.25, 0.3) is 0 Å². The molecule has 0 unspecified atom stereocenters. The Morgan fingerprint density at radius 2 is 1.96 bits per heavy atom. The molecule has 1 aromatic heterocycles. The molecule has 3 heterocycles. The van der Waals surface area contributed by atoms with Crippen LogP contribution in [0.4, 0.5) is 0 Å². The quantitative estimate of drug-likeness (QED) is 0.800. The van der Waals surface area contributed by atoms with Gasteiger partial charge in [-0.25, -0.2) is 0 Å². The molecule has 2 fully saturated rings. The lowest BCUT2D eigenvalue weighted by Gasteiger charge is -2.30. The zero-order valence-electron chi connectivity index (χ0n) is 15.7. The van der Waals surface area contributed by atoms with Gasteiger partial charge in [-0.1, -0.05) is 36.4 Å². The van der Waals surface area contributed by atoms with E-state index >= 15 is 0 Å². The molecule has 4 rings (SSSR count). The van der Waals surface area contributed by atoms with Crippen LogP contribution in [0.25, 0.3) is 0 Å². The summed E-state index contributed by atoms with van der Waals surface area (Å²) in [6.45, 7) is 7.30. The van der Waals surface area contributed by atoms with E-state index in [2.05, 4.69) is 58.2 Å². The summed E-state index contributed by atoms with van der Waals surface area (Å²) in [4.78, 5) is 9.29. The van der Waals surface area contributed by atoms with E-state index < -0.39 is 0 Å². The highest BCUT2D eigenvalue weighted by molar-refractivity contribution is 5.15. The van der Waals surface area contributed by atoms with E-state index in [9.17, 15) is 0 Å². The van der Waals surface area contributed by atoms with Crippen LogP contribution in [0.3, 0.4) is 0 Å². The Kier molecular flexibility index (Phi) is 5.34. The minimum atomic E-state index is 0.387. The van der Waals surface area contributed by atoms with Crippen molar-refractivity contribution in [2.24, 2.45) is 11.3 Å². The van der Waals surface area contributed by atoms with E-state index in [0.29, 0.717) is 17.9 Å². The molecule has 2 aromatic rings. The normalized spacial score (nSPS) is 26.7. The Labute approximate surface area is 156 Å². The van der Waals surface area contributed by atoms with E-state index in [1.54, 1.807) is 0 Å². The molecule has 4 nitrogen and oxygen atoms in total. The number of hydrogen-bond donors (Lipinski definition) is 0. The summed E-state index contributed by atoms with van der Waals surface area (Å²) in [5.41, 5.74) is 2.96. The molecule has 0 aliphatic carbocycles. The third-order valence-corrected chi connectivity index (χ3v) is 6.01. The molecule has 0 amide bonds. The molecule has 2 atom stereocenters. The highest BCUT2D eigenvalue weighted by atomic mass is 16.5. The molecule has 0 radical (unpaired) electrons. The van der Waals surface area contributed by atoms with Crippen molar-refractivity contribution >= 4 is 0 Å². The predicted octanol–water partition coefficient (Wildman–Crippen LogP) is 3.05. The largest absolute Gasteiger partial charge is 0.376 e. The van der Waals surface area contributed by atoms with Crippen molar-refractivity contribution in [1.29, 1.82) is 0 Å². The minimum absolute atomic E-state index is 0.387. The minimum Gasteiger partial charge on any atom is -0.376 e. The summed E-state index contributed by atoms with van der Waals surface area (Å²) in [5, 5.41) is 0. The molecule has 1 spiro atoms. The second-order valence-electron chi connectivity index (χ2n) is 8.08. The van der Waals surface area contributed by atoms with Crippen LogP contribution < -0.4 is 0 Å². The monoisotopic (exact) mass is 351 g/mol. The first-order valence-electron chi connectivity index (χ1n) is 9.65. The second-order valence-corrected chi connectivity index (χ2v) is 8.08. The van der Waals surface area contributed by atoms with E-state index in [4.69, 9.17) is 4.74 Å². The smallest absolute Gasteiger partial charge is 0.0731 e. The average Bonchev–Trinajstić information content (AvgIpc) is 3.20. The van der Waals surface area contributed by atoms with Gasteiger partial charge >= 0.3 is 0 Å². The lowest BCUT2D eigenvalue weighted by molar-refractivity contribution is 0.0515. The Morgan fingerprint density at radius 1 is 1.12 bits per heavy atom. The lowest BCUT2D eigenvalue weighted by atomic mass is 9.77. The molecule has 26 heavy (non-hydrogen) atoms. The van der Waals surface area contributed by atoms with Gasteiger partial charge in [-0.05, 0) is 37.2 Å². The second kappa shape index (κ2) is 7.87. The van der Waals surface area contributed by atoms with Gasteiger partial charge in [-0.3, -0.25) is 9.88 Å². The standard InChI is InChI=1S/C22H29N3O/c1-24-14-21(16-26-15-20-8-5-10-23-12-20)22(17-24)9-11-25(18-22)13-19-6-3-2-4-7-19/h2-8,10,12,21H,9,11,13-18H2,1H3/t21-,22-/m0/s1. The van der Waals surface area contributed by atoms with E-state index in [1.807, 2.05) is 18.5 Å². The maximum Gasteiger partial charge on any atom is 0.0731 e. The molecular weight excluding hydrogens is 322 g/mol. The lowest BCUT2D eigenvalue weighted by Crippen LogP contribution is -2.36. The van der Waals surface area contributed by atoms with Crippen molar-refractivity contribution in [3.8, 4) is 0 Å². The number of ether oxygens (including phenoxy) is 1. The van der Waals surface area contributed by atoms with Gasteiger partial charge in [0.1, 0.15) is 0 Å². The van der Waals surface area contributed by atoms with Gasteiger partial charge < -0.3 is 9.64 Å². The Bertz CT molecular complexity index is 693. The molecule has 0 bridgehead atoms. The maximum absolute atomic E-state index is 6.11. The summed E-state index contributed by atoms with van der Waals surface area (Å²) < 4.78 is 6.11. The van der Waals surface area contributed by atoms with Gasteiger partial charge in [0, 0.05) is 49.9 Å². The first kappa shape index (κ1) is 17.7. The van der Waals surface area contributed by atoms with Crippen LogP contribution >= 0.6 is 0 Å². The molecule has 2 aliphatic heterocycles. The fourth-order valence-corrected chi connectivity index (χ4v) is 4.76. The molecule has 4 heteroatoms. The number of hydrogen-bond acceptors (Lipinski definition) is 4. The summed E-state index contributed by atoms with van der Waals surface area (Å²) in [5.74, 6) is 0.616. The predicted molar refractivity (Wildman–Crippen MR) is 104 cm³/mol. The molecule has 138 valence electrons. The van der Waals surface area contributed by atoms with Crippen molar-refractivity contribution in [1.82, 2.24) is 14.8 Å². The number of likely N-dealkylation sites (tertiary alicyclic amines) is 2. The molecule has 2 saturated heterocycles. The molecular formula is C22H29N3O. The molecule has 2 aliphatic rings. The summed E-state index contributed by atoms with van der Waals surface area (Å²) in [6, 6.07) is 14.9. The Hall–Kier alpha value is -1.75. The number of aromatic nitrogens is 1. The summed E-state index contributed by atoms with van der Waals surface area (Å²) in [7, 11) is 2.25.